The number of nitrogens with one attached hydrogen (secondary N) is 1. The molecule has 1 aliphatic heterocycles. The molecule has 6 heteroatoms. The van der Waals surface area contributed by atoms with E-state index in [1.807, 2.05) is 39.5 Å². The van der Waals surface area contributed by atoms with Gasteiger partial charge in [-0.15, -0.1) is 0 Å². The van der Waals surface area contributed by atoms with Crippen LogP contribution in [0.4, 0.5) is 0 Å². The lowest BCUT2D eigenvalue weighted by Gasteiger charge is -2.28. The summed E-state index contributed by atoms with van der Waals surface area (Å²) in [7, 11) is 0. The van der Waals surface area contributed by atoms with Gasteiger partial charge in [-0.25, -0.2) is 0 Å². The number of ether oxygens (including phenoxy) is 1. The topological polar surface area (TPSA) is 75.7 Å². The minimum atomic E-state index is -0.631. The zero-order chi connectivity index (χ0) is 18.4. The molecular formula is C18H32N2O4. The fourth-order valence-electron chi connectivity index (χ4n) is 2.76. The maximum atomic E-state index is 12.4. The van der Waals surface area contributed by atoms with E-state index in [0.29, 0.717) is 19.4 Å². The molecule has 6 nitrogen and oxygen atoms in total. The first-order chi connectivity index (χ1) is 11.1. The van der Waals surface area contributed by atoms with E-state index in [-0.39, 0.29) is 24.4 Å². The van der Waals surface area contributed by atoms with E-state index >= 15 is 0 Å². The zero-order valence-electron chi connectivity index (χ0n) is 15.7. The maximum absolute atomic E-state index is 12.4. The standard InChI is InChI=1S/C18H32N2O4/c1-14-7-6-10-20(14)15(22)13-19-16(23)17(2,3)9-12-24-18(4,5)8-11-21/h11,14H,6-10,12-13H2,1-5H3,(H,19,23). The van der Waals surface area contributed by atoms with E-state index in [1.54, 1.807) is 0 Å². The number of hydrogen-bond donors (Lipinski definition) is 1. The molecule has 0 aromatic carbocycles. The molecule has 24 heavy (non-hydrogen) atoms. The average molecular weight is 340 g/mol. The molecule has 1 rings (SSSR count). The first kappa shape index (κ1) is 20.6. The molecule has 0 aliphatic carbocycles. The highest BCUT2D eigenvalue weighted by molar-refractivity contribution is 5.87. The molecule has 2 amide bonds. The Kier molecular flexibility index (Phi) is 7.39. The van der Waals surface area contributed by atoms with Crippen molar-refractivity contribution in [3.8, 4) is 0 Å². The smallest absolute Gasteiger partial charge is 0.242 e. The van der Waals surface area contributed by atoms with Crippen molar-refractivity contribution in [2.45, 2.75) is 71.9 Å². The van der Waals surface area contributed by atoms with Crippen molar-refractivity contribution in [2.24, 2.45) is 5.41 Å². The lowest BCUT2D eigenvalue weighted by molar-refractivity contribution is -0.137. The molecular weight excluding hydrogens is 308 g/mol. The van der Waals surface area contributed by atoms with Gasteiger partial charge in [0.15, 0.2) is 0 Å². The van der Waals surface area contributed by atoms with Crippen molar-refractivity contribution in [1.29, 1.82) is 0 Å². The van der Waals surface area contributed by atoms with Crippen LogP contribution in [0.5, 0.6) is 0 Å². The SMILES string of the molecule is CC1CCCN1C(=O)CNC(=O)C(C)(C)CCOC(C)(C)CC=O. The molecule has 1 fully saturated rings. The van der Waals surface area contributed by atoms with Crippen LogP contribution in [0.25, 0.3) is 0 Å². The van der Waals surface area contributed by atoms with Crippen LogP contribution in [0.2, 0.25) is 0 Å². The summed E-state index contributed by atoms with van der Waals surface area (Å²) in [5.74, 6) is -0.174. The Morgan fingerprint density at radius 2 is 1.96 bits per heavy atom. The number of rotatable bonds is 9. The minimum absolute atomic E-state index is 0.0208. The Bertz CT molecular complexity index is 460. The molecule has 1 aliphatic rings. The molecule has 0 aromatic rings. The predicted octanol–water partition coefficient (Wildman–Crippen LogP) is 1.91. The van der Waals surface area contributed by atoms with Gasteiger partial charge in [-0.3, -0.25) is 9.59 Å². The number of amides is 2. The van der Waals surface area contributed by atoms with Crippen LogP contribution >= 0.6 is 0 Å². The van der Waals surface area contributed by atoms with Gasteiger partial charge in [0, 0.05) is 31.0 Å². The van der Waals surface area contributed by atoms with Crippen molar-refractivity contribution in [2.75, 3.05) is 19.7 Å². The number of hydrogen-bond acceptors (Lipinski definition) is 4. The van der Waals surface area contributed by atoms with Crippen LogP contribution in [0, 0.1) is 5.41 Å². The summed E-state index contributed by atoms with van der Waals surface area (Å²) >= 11 is 0. The van der Waals surface area contributed by atoms with Gasteiger partial charge in [0.05, 0.1) is 12.1 Å². The summed E-state index contributed by atoms with van der Waals surface area (Å²) < 4.78 is 5.69. The highest BCUT2D eigenvalue weighted by atomic mass is 16.5. The lowest BCUT2D eigenvalue weighted by Crippen LogP contribution is -2.45. The van der Waals surface area contributed by atoms with Crippen LogP contribution in [0.3, 0.4) is 0 Å². The fourth-order valence-corrected chi connectivity index (χ4v) is 2.76. The Morgan fingerprint density at radius 3 is 2.50 bits per heavy atom. The third kappa shape index (κ3) is 6.23. The third-order valence-corrected chi connectivity index (χ3v) is 4.68. The Labute approximate surface area is 145 Å². The monoisotopic (exact) mass is 340 g/mol. The summed E-state index contributed by atoms with van der Waals surface area (Å²) in [6, 6.07) is 0.260. The van der Waals surface area contributed by atoms with Gasteiger partial charge in [-0.1, -0.05) is 13.8 Å². The van der Waals surface area contributed by atoms with Crippen LogP contribution in [-0.2, 0) is 19.1 Å². The summed E-state index contributed by atoms with van der Waals surface area (Å²) in [6.07, 6.45) is 3.74. The molecule has 0 spiro atoms. The van der Waals surface area contributed by atoms with Crippen molar-refractivity contribution in [3.05, 3.63) is 0 Å². The van der Waals surface area contributed by atoms with E-state index in [4.69, 9.17) is 4.74 Å². The van der Waals surface area contributed by atoms with Gasteiger partial charge < -0.3 is 19.7 Å². The number of carbonyl (C=O) groups is 3. The second-order valence-corrected chi connectivity index (χ2v) is 7.87. The van der Waals surface area contributed by atoms with Gasteiger partial charge in [0.25, 0.3) is 0 Å². The van der Waals surface area contributed by atoms with E-state index in [0.717, 1.165) is 25.7 Å². The van der Waals surface area contributed by atoms with Gasteiger partial charge in [-0.05, 0) is 40.0 Å². The molecule has 1 unspecified atom stereocenters. The second kappa shape index (κ2) is 8.60. The third-order valence-electron chi connectivity index (χ3n) is 4.68. The van der Waals surface area contributed by atoms with Crippen molar-refractivity contribution in [1.82, 2.24) is 10.2 Å². The van der Waals surface area contributed by atoms with Gasteiger partial charge in [0.1, 0.15) is 6.29 Å². The molecule has 1 heterocycles. The minimum Gasteiger partial charge on any atom is -0.375 e. The lowest BCUT2D eigenvalue weighted by atomic mass is 9.88. The van der Waals surface area contributed by atoms with Crippen molar-refractivity contribution in [3.63, 3.8) is 0 Å². The molecule has 1 N–H and O–H groups in total. The normalized spacial score (nSPS) is 18.5. The Morgan fingerprint density at radius 1 is 1.29 bits per heavy atom. The van der Waals surface area contributed by atoms with E-state index in [1.165, 1.54) is 0 Å². The van der Waals surface area contributed by atoms with Gasteiger partial charge in [-0.2, -0.15) is 0 Å². The second-order valence-electron chi connectivity index (χ2n) is 7.87. The van der Waals surface area contributed by atoms with Crippen LogP contribution in [0.1, 0.15) is 60.3 Å². The maximum Gasteiger partial charge on any atom is 0.242 e. The fraction of sp³-hybridized carbons (Fsp3) is 0.833. The molecule has 0 saturated carbocycles. The summed E-state index contributed by atoms with van der Waals surface area (Å²) in [5.41, 5.74) is -1.15. The number of carbonyl (C=O) groups excluding carboxylic acids is 3. The van der Waals surface area contributed by atoms with Crippen LogP contribution in [0.15, 0.2) is 0 Å². The molecule has 1 saturated heterocycles. The first-order valence-electron chi connectivity index (χ1n) is 8.74. The largest absolute Gasteiger partial charge is 0.375 e. The average Bonchev–Trinajstić information content (AvgIpc) is 2.90. The first-order valence-corrected chi connectivity index (χ1v) is 8.74. The van der Waals surface area contributed by atoms with Crippen molar-refractivity contribution < 1.29 is 19.1 Å². The van der Waals surface area contributed by atoms with Crippen LogP contribution < -0.4 is 5.32 Å². The number of nitrogens with zero attached hydrogens (tertiary/aromatic N) is 1. The summed E-state index contributed by atoms with van der Waals surface area (Å²) in [4.78, 5) is 36.9. The summed E-state index contributed by atoms with van der Waals surface area (Å²) in [6.45, 7) is 10.6. The Balaban J connectivity index is 2.39. The predicted molar refractivity (Wildman–Crippen MR) is 92.5 cm³/mol. The van der Waals surface area contributed by atoms with E-state index in [9.17, 15) is 14.4 Å². The quantitative estimate of drug-likeness (QED) is 0.651. The molecule has 0 bridgehead atoms. The van der Waals surface area contributed by atoms with Crippen molar-refractivity contribution >= 4 is 18.1 Å². The van der Waals surface area contributed by atoms with E-state index in [2.05, 4.69) is 5.32 Å². The zero-order valence-corrected chi connectivity index (χ0v) is 15.7. The molecule has 0 aromatic heterocycles. The number of likely N-dealkylation sites (tertiary alicyclic amines) is 1. The highest BCUT2D eigenvalue weighted by Crippen LogP contribution is 2.23. The van der Waals surface area contributed by atoms with Crippen LogP contribution in [-0.4, -0.2) is 54.3 Å². The summed E-state index contributed by atoms with van der Waals surface area (Å²) in [5, 5.41) is 2.75. The van der Waals surface area contributed by atoms with Gasteiger partial charge in [0.2, 0.25) is 11.8 Å². The highest BCUT2D eigenvalue weighted by Gasteiger charge is 2.30. The van der Waals surface area contributed by atoms with Gasteiger partial charge >= 0.3 is 0 Å². The number of aldehydes is 1. The molecule has 138 valence electrons. The van der Waals surface area contributed by atoms with E-state index < -0.39 is 11.0 Å². The molecule has 0 radical (unpaired) electrons. The Hall–Kier alpha value is -1.43. The molecule has 1 atom stereocenters.